The molecule has 17 heavy (non-hydrogen) atoms. The number of amides is 1. The van der Waals surface area contributed by atoms with Gasteiger partial charge in [-0.1, -0.05) is 29.8 Å². The van der Waals surface area contributed by atoms with Crippen LogP contribution in [0, 0.1) is 6.92 Å². The lowest BCUT2D eigenvalue weighted by Gasteiger charge is -2.14. The first-order valence-corrected chi connectivity index (χ1v) is 6.20. The minimum Gasteiger partial charge on any atom is -0.356 e. The summed E-state index contributed by atoms with van der Waals surface area (Å²) in [5, 5.41) is 6.14. The summed E-state index contributed by atoms with van der Waals surface area (Å²) in [6.07, 6.45) is 0.532. The Hall–Kier alpha value is -1.35. The molecule has 3 heteroatoms. The van der Waals surface area contributed by atoms with Gasteiger partial charge in [-0.25, -0.2) is 0 Å². The third-order valence-electron chi connectivity index (χ3n) is 2.72. The molecule has 0 fully saturated rings. The van der Waals surface area contributed by atoms with Crippen molar-refractivity contribution in [3.63, 3.8) is 0 Å². The smallest absolute Gasteiger partial charge is 0.221 e. The van der Waals surface area contributed by atoms with Gasteiger partial charge in [0.05, 0.1) is 0 Å². The first-order chi connectivity index (χ1) is 8.13. The van der Waals surface area contributed by atoms with Gasteiger partial charge in [-0.05, 0) is 26.3 Å². The van der Waals surface area contributed by atoms with Crippen molar-refractivity contribution in [1.29, 1.82) is 0 Å². The first kappa shape index (κ1) is 13.7. The van der Waals surface area contributed by atoms with Gasteiger partial charge in [-0.15, -0.1) is 0 Å². The van der Waals surface area contributed by atoms with Crippen LogP contribution in [0.5, 0.6) is 0 Å². The van der Waals surface area contributed by atoms with E-state index in [2.05, 4.69) is 48.7 Å². The SMILES string of the molecule is CCNC(=O)CCN[C@@H](C)c1cccc(C)c1. The number of hydrogen-bond donors (Lipinski definition) is 2. The molecular weight excluding hydrogens is 212 g/mol. The van der Waals surface area contributed by atoms with E-state index in [-0.39, 0.29) is 11.9 Å². The summed E-state index contributed by atoms with van der Waals surface area (Å²) >= 11 is 0. The monoisotopic (exact) mass is 234 g/mol. The normalized spacial score (nSPS) is 12.2. The molecule has 2 N–H and O–H groups in total. The largest absolute Gasteiger partial charge is 0.356 e. The van der Waals surface area contributed by atoms with Crippen molar-refractivity contribution in [2.24, 2.45) is 0 Å². The summed E-state index contributed by atoms with van der Waals surface area (Å²) < 4.78 is 0. The molecule has 0 saturated carbocycles. The maximum absolute atomic E-state index is 11.3. The highest BCUT2D eigenvalue weighted by Gasteiger charge is 2.05. The van der Waals surface area contributed by atoms with E-state index in [1.54, 1.807) is 0 Å². The number of nitrogens with one attached hydrogen (secondary N) is 2. The molecule has 0 bridgehead atoms. The molecule has 0 saturated heterocycles. The Morgan fingerprint density at radius 1 is 1.41 bits per heavy atom. The molecule has 0 spiro atoms. The highest BCUT2D eigenvalue weighted by Crippen LogP contribution is 2.13. The Bertz CT molecular complexity index is 363. The molecule has 3 nitrogen and oxygen atoms in total. The highest BCUT2D eigenvalue weighted by molar-refractivity contribution is 5.75. The van der Waals surface area contributed by atoms with E-state index in [0.29, 0.717) is 19.5 Å². The van der Waals surface area contributed by atoms with Crippen LogP contribution < -0.4 is 10.6 Å². The van der Waals surface area contributed by atoms with Gasteiger partial charge in [0.1, 0.15) is 0 Å². The van der Waals surface area contributed by atoms with Crippen molar-refractivity contribution in [2.75, 3.05) is 13.1 Å². The van der Waals surface area contributed by atoms with E-state index in [1.165, 1.54) is 11.1 Å². The van der Waals surface area contributed by atoms with Crippen LogP contribution in [0.3, 0.4) is 0 Å². The Kier molecular flexibility index (Phi) is 5.70. The highest BCUT2D eigenvalue weighted by atomic mass is 16.1. The van der Waals surface area contributed by atoms with Gasteiger partial charge in [-0.2, -0.15) is 0 Å². The van der Waals surface area contributed by atoms with Crippen molar-refractivity contribution >= 4 is 5.91 Å². The van der Waals surface area contributed by atoms with Crippen LogP contribution in [-0.2, 0) is 4.79 Å². The quantitative estimate of drug-likeness (QED) is 0.792. The summed E-state index contributed by atoms with van der Waals surface area (Å²) in [5.74, 6) is 0.108. The van der Waals surface area contributed by atoms with E-state index >= 15 is 0 Å². The van der Waals surface area contributed by atoms with Crippen LogP contribution in [0.4, 0.5) is 0 Å². The van der Waals surface area contributed by atoms with Crippen molar-refractivity contribution in [1.82, 2.24) is 10.6 Å². The van der Waals surface area contributed by atoms with Crippen LogP contribution in [0.2, 0.25) is 0 Å². The second-order valence-corrected chi connectivity index (χ2v) is 4.29. The minimum atomic E-state index is 0.108. The fraction of sp³-hybridized carbons (Fsp3) is 0.500. The summed E-state index contributed by atoms with van der Waals surface area (Å²) in [7, 11) is 0. The van der Waals surface area contributed by atoms with Crippen molar-refractivity contribution in [3.8, 4) is 0 Å². The fourth-order valence-corrected chi connectivity index (χ4v) is 1.75. The lowest BCUT2D eigenvalue weighted by molar-refractivity contribution is -0.120. The number of rotatable bonds is 6. The number of aryl methyl sites for hydroxylation is 1. The standard InChI is InChI=1S/C14H22N2O/c1-4-15-14(17)8-9-16-12(3)13-7-5-6-11(2)10-13/h5-7,10,12,16H,4,8-9H2,1-3H3,(H,15,17)/t12-/m0/s1. The van der Waals surface area contributed by atoms with Gasteiger partial charge >= 0.3 is 0 Å². The zero-order chi connectivity index (χ0) is 12.7. The summed E-state index contributed by atoms with van der Waals surface area (Å²) in [6, 6.07) is 8.71. The Labute approximate surface area is 104 Å². The van der Waals surface area contributed by atoms with Gasteiger partial charge in [0.25, 0.3) is 0 Å². The average molecular weight is 234 g/mol. The molecule has 94 valence electrons. The van der Waals surface area contributed by atoms with Crippen LogP contribution in [0.25, 0.3) is 0 Å². The van der Waals surface area contributed by atoms with Gasteiger partial charge in [0.15, 0.2) is 0 Å². The maximum atomic E-state index is 11.3. The molecule has 0 aliphatic heterocycles. The summed E-state index contributed by atoms with van der Waals surface area (Å²) in [5.41, 5.74) is 2.53. The molecule has 0 aliphatic rings. The second-order valence-electron chi connectivity index (χ2n) is 4.29. The van der Waals surface area contributed by atoms with E-state index < -0.39 is 0 Å². The maximum Gasteiger partial charge on any atom is 0.221 e. The van der Waals surface area contributed by atoms with Gasteiger partial charge in [0.2, 0.25) is 5.91 Å². The Morgan fingerprint density at radius 2 is 2.18 bits per heavy atom. The van der Waals surface area contributed by atoms with E-state index in [9.17, 15) is 4.79 Å². The van der Waals surface area contributed by atoms with Crippen LogP contribution in [0.15, 0.2) is 24.3 Å². The lowest BCUT2D eigenvalue weighted by Crippen LogP contribution is -2.28. The van der Waals surface area contributed by atoms with E-state index in [1.807, 2.05) is 6.92 Å². The molecule has 1 aromatic carbocycles. The third kappa shape index (κ3) is 5.00. The zero-order valence-corrected chi connectivity index (χ0v) is 10.9. The summed E-state index contributed by atoms with van der Waals surface area (Å²) in [6.45, 7) is 7.55. The number of carbonyl (C=O) groups is 1. The van der Waals surface area contributed by atoms with Crippen LogP contribution in [-0.4, -0.2) is 19.0 Å². The van der Waals surface area contributed by atoms with Crippen LogP contribution >= 0.6 is 0 Å². The predicted molar refractivity (Wildman–Crippen MR) is 70.9 cm³/mol. The number of benzene rings is 1. The topological polar surface area (TPSA) is 41.1 Å². The molecule has 1 atom stereocenters. The lowest BCUT2D eigenvalue weighted by atomic mass is 10.1. The zero-order valence-electron chi connectivity index (χ0n) is 10.9. The first-order valence-electron chi connectivity index (χ1n) is 6.20. The van der Waals surface area contributed by atoms with Crippen molar-refractivity contribution in [2.45, 2.75) is 33.2 Å². The molecule has 1 rings (SSSR count). The molecule has 0 unspecified atom stereocenters. The van der Waals surface area contributed by atoms with Gasteiger partial charge in [-0.3, -0.25) is 4.79 Å². The molecular formula is C14H22N2O. The predicted octanol–water partition coefficient (Wildman–Crippen LogP) is 2.17. The van der Waals surface area contributed by atoms with Gasteiger partial charge < -0.3 is 10.6 Å². The molecule has 0 aliphatic carbocycles. The van der Waals surface area contributed by atoms with Crippen LogP contribution in [0.1, 0.15) is 37.4 Å². The Morgan fingerprint density at radius 3 is 2.82 bits per heavy atom. The number of carbonyl (C=O) groups excluding carboxylic acids is 1. The molecule has 1 aromatic rings. The third-order valence-corrected chi connectivity index (χ3v) is 2.72. The molecule has 0 radical (unpaired) electrons. The molecule has 1 amide bonds. The fourth-order valence-electron chi connectivity index (χ4n) is 1.75. The second kappa shape index (κ2) is 7.07. The van der Waals surface area contributed by atoms with Crippen molar-refractivity contribution in [3.05, 3.63) is 35.4 Å². The average Bonchev–Trinajstić information content (AvgIpc) is 2.29. The minimum absolute atomic E-state index is 0.108. The van der Waals surface area contributed by atoms with Crippen molar-refractivity contribution < 1.29 is 4.79 Å². The van der Waals surface area contributed by atoms with E-state index in [0.717, 1.165) is 0 Å². The number of hydrogen-bond acceptors (Lipinski definition) is 2. The van der Waals surface area contributed by atoms with Gasteiger partial charge in [0, 0.05) is 25.6 Å². The summed E-state index contributed by atoms with van der Waals surface area (Å²) in [4.78, 5) is 11.3. The Balaban J connectivity index is 2.35. The van der Waals surface area contributed by atoms with E-state index in [4.69, 9.17) is 0 Å². The molecule has 0 aromatic heterocycles. The molecule has 0 heterocycles.